The highest BCUT2D eigenvalue weighted by Crippen LogP contribution is 2.25. The van der Waals surface area contributed by atoms with E-state index in [0.717, 1.165) is 40.2 Å². The fourth-order valence-electron chi connectivity index (χ4n) is 3.16. The number of aliphatic hydroxyl groups is 1. The van der Waals surface area contributed by atoms with Crippen molar-refractivity contribution < 1.29 is 9.84 Å². The third-order valence-corrected chi connectivity index (χ3v) is 4.91. The summed E-state index contributed by atoms with van der Waals surface area (Å²) in [6.45, 7) is 9.14. The van der Waals surface area contributed by atoms with Gasteiger partial charge in [0.25, 0.3) is 0 Å². The normalized spacial score (nSPS) is 13.2. The van der Waals surface area contributed by atoms with Crippen molar-refractivity contribution in [2.75, 3.05) is 6.61 Å². The van der Waals surface area contributed by atoms with Crippen molar-refractivity contribution in [2.45, 2.75) is 52.7 Å². The van der Waals surface area contributed by atoms with E-state index >= 15 is 0 Å². The van der Waals surface area contributed by atoms with Crippen LogP contribution in [-0.2, 0) is 6.54 Å². The molecule has 0 amide bonds. The number of halogens is 1. The summed E-state index contributed by atoms with van der Waals surface area (Å²) in [5, 5.41) is 10.6. The highest BCUT2D eigenvalue weighted by Gasteiger charge is 2.18. The summed E-state index contributed by atoms with van der Waals surface area (Å²) in [6.07, 6.45) is 0.411. The summed E-state index contributed by atoms with van der Waals surface area (Å²) in [4.78, 5) is 4.79. The summed E-state index contributed by atoms with van der Waals surface area (Å²) in [6, 6.07) is 14.2. The van der Waals surface area contributed by atoms with E-state index < -0.39 is 6.10 Å². The summed E-state index contributed by atoms with van der Waals surface area (Å²) < 4.78 is 8.02. The van der Waals surface area contributed by atoms with Crippen LogP contribution in [0.5, 0.6) is 5.75 Å². The van der Waals surface area contributed by atoms with Crippen molar-refractivity contribution in [3.05, 3.63) is 59.4 Å². The highest BCUT2D eigenvalue weighted by molar-refractivity contribution is 5.85. The monoisotopic (exact) mass is 388 g/mol. The van der Waals surface area contributed by atoms with E-state index in [-0.39, 0.29) is 19.0 Å². The molecule has 4 nitrogen and oxygen atoms in total. The van der Waals surface area contributed by atoms with Crippen molar-refractivity contribution in [3.8, 4) is 5.75 Å². The first kappa shape index (κ1) is 21.3. The van der Waals surface area contributed by atoms with Gasteiger partial charge < -0.3 is 14.4 Å². The summed E-state index contributed by atoms with van der Waals surface area (Å²) in [5.41, 5.74) is 4.27. The Kier molecular flexibility index (Phi) is 7.28. The van der Waals surface area contributed by atoms with E-state index in [4.69, 9.17) is 9.72 Å². The molecule has 2 unspecified atom stereocenters. The minimum Gasteiger partial charge on any atom is -0.491 e. The predicted octanol–water partition coefficient (Wildman–Crippen LogP) is 5.03. The molecule has 2 aromatic carbocycles. The molecule has 5 heteroatoms. The molecule has 146 valence electrons. The van der Waals surface area contributed by atoms with Gasteiger partial charge in [-0.25, -0.2) is 4.98 Å². The minimum atomic E-state index is -0.602. The van der Waals surface area contributed by atoms with E-state index in [1.165, 1.54) is 0 Å². The number of imidazole rings is 1. The van der Waals surface area contributed by atoms with Gasteiger partial charge in [0.05, 0.1) is 17.6 Å². The fraction of sp³-hybridized carbons (Fsp3) is 0.409. The standard InChI is InChI=1S/C22H28N2O2.ClH/c1-5-16(3)22-23-19-8-6-7-9-20(19)24(22)13-18(25)14-26-21-12-15(2)10-11-17(21)4;/h6-12,16,18,25H,5,13-14H2,1-4H3;1H. The van der Waals surface area contributed by atoms with E-state index in [0.29, 0.717) is 12.5 Å². The van der Waals surface area contributed by atoms with Crippen LogP contribution >= 0.6 is 12.4 Å². The van der Waals surface area contributed by atoms with Gasteiger partial charge in [-0.15, -0.1) is 12.4 Å². The number of benzene rings is 2. The van der Waals surface area contributed by atoms with Crippen LogP contribution in [0.15, 0.2) is 42.5 Å². The van der Waals surface area contributed by atoms with Gasteiger partial charge in [-0.2, -0.15) is 0 Å². The molecule has 2 atom stereocenters. The van der Waals surface area contributed by atoms with Crippen LogP contribution in [0.2, 0.25) is 0 Å². The van der Waals surface area contributed by atoms with Crippen LogP contribution < -0.4 is 4.74 Å². The van der Waals surface area contributed by atoms with Crippen molar-refractivity contribution in [3.63, 3.8) is 0 Å². The molecule has 3 rings (SSSR count). The Balaban J connectivity index is 0.00000261. The largest absolute Gasteiger partial charge is 0.491 e. The van der Waals surface area contributed by atoms with Crippen molar-refractivity contribution in [1.29, 1.82) is 0 Å². The first-order chi connectivity index (χ1) is 12.5. The number of aliphatic hydroxyl groups excluding tert-OH is 1. The Morgan fingerprint density at radius 1 is 1.15 bits per heavy atom. The molecule has 3 aromatic rings. The highest BCUT2D eigenvalue weighted by atomic mass is 35.5. The van der Waals surface area contributed by atoms with Crippen molar-refractivity contribution in [2.24, 2.45) is 0 Å². The van der Waals surface area contributed by atoms with Gasteiger partial charge in [0.1, 0.15) is 24.3 Å². The minimum absolute atomic E-state index is 0. The molecule has 1 heterocycles. The van der Waals surface area contributed by atoms with Crippen LogP contribution in [0.4, 0.5) is 0 Å². The van der Waals surface area contributed by atoms with Gasteiger partial charge in [-0.05, 0) is 49.6 Å². The second-order valence-electron chi connectivity index (χ2n) is 7.11. The predicted molar refractivity (Wildman–Crippen MR) is 113 cm³/mol. The summed E-state index contributed by atoms with van der Waals surface area (Å²) in [7, 11) is 0. The van der Waals surface area contributed by atoms with E-state index in [2.05, 4.69) is 30.5 Å². The number of nitrogens with zero attached hydrogens (tertiary/aromatic N) is 2. The van der Waals surface area contributed by atoms with Gasteiger partial charge in [0.2, 0.25) is 0 Å². The molecule has 0 fully saturated rings. The second-order valence-corrected chi connectivity index (χ2v) is 7.11. The third-order valence-electron chi connectivity index (χ3n) is 4.91. The Labute approximate surface area is 167 Å². The molecular formula is C22H29ClN2O2. The summed E-state index contributed by atoms with van der Waals surface area (Å²) >= 11 is 0. The number of hydrogen-bond donors (Lipinski definition) is 1. The lowest BCUT2D eigenvalue weighted by Gasteiger charge is -2.18. The maximum atomic E-state index is 10.6. The summed E-state index contributed by atoms with van der Waals surface area (Å²) in [5.74, 6) is 2.20. The van der Waals surface area contributed by atoms with Crippen LogP contribution in [0.3, 0.4) is 0 Å². The maximum absolute atomic E-state index is 10.6. The lowest BCUT2D eigenvalue weighted by atomic mass is 10.1. The first-order valence-corrected chi connectivity index (χ1v) is 9.32. The number of ether oxygens (including phenoxy) is 1. The van der Waals surface area contributed by atoms with Crippen LogP contribution in [0.25, 0.3) is 11.0 Å². The number of aromatic nitrogens is 2. The van der Waals surface area contributed by atoms with Crippen LogP contribution in [0, 0.1) is 13.8 Å². The quantitative estimate of drug-likeness (QED) is 0.617. The molecule has 0 bridgehead atoms. The van der Waals surface area contributed by atoms with Gasteiger partial charge in [0, 0.05) is 5.92 Å². The van der Waals surface area contributed by atoms with Crippen molar-refractivity contribution in [1.82, 2.24) is 9.55 Å². The topological polar surface area (TPSA) is 47.3 Å². The number of rotatable bonds is 7. The molecular weight excluding hydrogens is 360 g/mol. The molecule has 0 saturated heterocycles. The van der Waals surface area contributed by atoms with E-state index in [1.807, 2.05) is 44.2 Å². The molecule has 27 heavy (non-hydrogen) atoms. The zero-order chi connectivity index (χ0) is 18.7. The number of aryl methyl sites for hydroxylation is 2. The lowest BCUT2D eigenvalue weighted by molar-refractivity contribution is 0.0921. The molecule has 0 aliphatic rings. The maximum Gasteiger partial charge on any atom is 0.122 e. The Morgan fingerprint density at radius 2 is 1.89 bits per heavy atom. The molecule has 0 saturated carbocycles. The smallest absolute Gasteiger partial charge is 0.122 e. The Morgan fingerprint density at radius 3 is 2.63 bits per heavy atom. The zero-order valence-electron chi connectivity index (χ0n) is 16.5. The number of fused-ring (bicyclic) bond motifs is 1. The average Bonchev–Trinajstić information content (AvgIpc) is 3.00. The molecule has 1 aromatic heterocycles. The number of para-hydroxylation sites is 2. The van der Waals surface area contributed by atoms with Gasteiger partial charge >= 0.3 is 0 Å². The molecule has 0 aliphatic heterocycles. The van der Waals surface area contributed by atoms with Crippen LogP contribution in [0.1, 0.15) is 43.1 Å². The zero-order valence-corrected chi connectivity index (χ0v) is 17.3. The Bertz CT molecular complexity index is 891. The van der Waals surface area contributed by atoms with E-state index in [9.17, 15) is 5.11 Å². The molecule has 0 radical (unpaired) electrons. The SMILES string of the molecule is CCC(C)c1nc2ccccc2n1CC(O)COc1cc(C)ccc1C.Cl. The molecule has 0 spiro atoms. The second kappa shape index (κ2) is 9.25. The van der Waals surface area contributed by atoms with Crippen LogP contribution in [-0.4, -0.2) is 27.4 Å². The van der Waals surface area contributed by atoms with Gasteiger partial charge in [0.15, 0.2) is 0 Å². The number of hydrogen-bond acceptors (Lipinski definition) is 3. The third kappa shape index (κ3) is 4.82. The molecule has 1 N–H and O–H groups in total. The first-order valence-electron chi connectivity index (χ1n) is 9.32. The van der Waals surface area contributed by atoms with Gasteiger partial charge in [-0.1, -0.05) is 38.1 Å². The Hall–Kier alpha value is -2.04. The lowest BCUT2D eigenvalue weighted by Crippen LogP contribution is -2.25. The average molecular weight is 389 g/mol. The molecule has 0 aliphatic carbocycles. The van der Waals surface area contributed by atoms with Crippen molar-refractivity contribution >= 4 is 23.4 Å². The van der Waals surface area contributed by atoms with Gasteiger partial charge in [-0.3, -0.25) is 0 Å². The fourth-order valence-corrected chi connectivity index (χ4v) is 3.16. The van der Waals surface area contributed by atoms with E-state index in [1.54, 1.807) is 0 Å².